The van der Waals surface area contributed by atoms with Crippen LogP contribution in [0.3, 0.4) is 0 Å². The zero-order valence-corrected chi connectivity index (χ0v) is 10.9. The lowest BCUT2D eigenvalue weighted by Crippen LogP contribution is -2.25. The normalized spacial score (nSPS) is 11.2. The largest absolute Gasteiger partial charge is 0.399 e. The van der Waals surface area contributed by atoms with E-state index in [2.05, 4.69) is 4.72 Å². The summed E-state index contributed by atoms with van der Waals surface area (Å²) in [5, 5.41) is 0. The van der Waals surface area contributed by atoms with Crippen LogP contribution in [0.5, 0.6) is 0 Å². The second kappa shape index (κ2) is 5.84. The molecule has 0 aliphatic rings. The average molecular weight is 254 g/mol. The van der Waals surface area contributed by atoms with Crippen LogP contribution < -0.4 is 10.5 Å². The van der Waals surface area contributed by atoms with Crippen molar-refractivity contribution < 1.29 is 8.42 Å². The van der Waals surface area contributed by atoms with Gasteiger partial charge in [-0.2, -0.15) is 0 Å². The maximum Gasteiger partial charge on any atom is 0.216 e. The van der Waals surface area contributed by atoms with E-state index >= 15 is 0 Å². The zero-order valence-electron chi connectivity index (χ0n) is 10.1. The van der Waals surface area contributed by atoms with E-state index in [1.807, 2.05) is 19.9 Å². The fourth-order valence-corrected chi connectivity index (χ4v) is 2.33. The van der Waals surface area contributed by atoms with Crippen LogP contribution in [0.2, 0.25) is 0 Å². The predicted molar refractivity (Wildman–Crippen MR) is 70.9 cm³/mol. The van der Waals surface area contributed by atoms with Gasteiger partial charge in [-0.05, 0) is 31.5 Å². The molecule has 0 amide bonds. The standard InChI is InChI=1S/C12H18N2O2S/c1-10(2)7-8-14-17(15,16)9-11-3-5-12(13)6-4-11/h3-7,14H,8-9,13H2,1-2H3. The van der Waals surface area contributed by atoms with Crippen molar-refractivity contribution in [1.29, 1.82) is 0 Å². The van der Waals surface area contributed by atoms with Crippen LogP contribution in [-0.4, -0.2) is 15.0 Å². The molecular weight excluding hydrogens is 236 g/mol. The summed E-state index contributed by atoms with van der Waals surface area (Å²) in [5.74, 6) is -0.0239. The summed E-state index contributed by atoms with van der Waals surface area (Å²) in [4.78, 5) is 0. The van der Waals surface area contributed by atoms with Crippen molar-refractivity contribution in [2.75, 3.05) is 12.3 Å². The molecule has 0 saturated heterocycles. The summed E-state index contributed by atoms with van der Waals surface area (Å²) in [6.45, 7) is 4.18. The Bertz CT molecular complexity index is 486. The van der Waals surface area contributed by atoms with Gasteiger partial charge in [0, 0.05) is 12.2 Å². The zero-order chi connectivity index (χ0) is 12.9. The van der Waals surface area contributed by atoms with Crippen molar-refractivity contribution in [1.82, 2.24) is 4.72 Å². The highest BCUT2D eigenvalue weighted by molar-refractivity contribution is 7.88. The maximum atomic E-state index is 11.7. The highest BCUT2D eigenvalue weighted by atomic mass is 32.2. The van der Waals surface area contributed by atoms with Gasteiger partial charge >= 0.3 is 0 Å². The fraction of sp³-hybridized carbons (Fsp3) is 0.333. The number of nitrogen functional groups attached to an aromatic ring is 1. The first-order valence-corrected chi connectivity index (χ1v) is 6.99. The van der Waals surface area contributed by atoms with Crippen LogP contribution in [0.1, 0.15) is 19.4 Å². The van der Waals surface area contributed by atoms with Gasteiger partial charge in [0.2, 0.25) is 10.0 Å². The number of allylic oxidation sites excluding steroid dienone is 1. The van der Waals surface area contributed by atoms with Crippen LogP contribution >= 0.6 is 0 Å². The molecule has 0 aliphatic heterocycles. The average Bonchev–Trinajstić information content (AvgIpc) is 2.20. The molecule has 1 aromatic carbocycles. The van der Waals surface area contributed by atoms with Gasteiger partial charge in [0.05, 0.1) is 5.75 Å². The van der Waals surface area contributed by atoms with Crippen molar-refractivity contribution in [3.63, 3.8) is 0 Å². The second-order valence-corrected chi connectivity index (χ2v) is 5.94. The molecule has 0 atom stereocenters. The van der Waals surface area contributed by atoms with Crippen molar-refractivity contribution in [3.05, 3.63) is 41.5 Å². The topological polar surface area (TPSA) is 72.2 Å². The molecule has 17 heavy (non-hydrogen) atoms. The molecule has 0 unspecified atom stereocenters. The number of sulfonamides is 1. The summed E-state index contributed by atoms with van der Waals surface area (Å²) >= 11 is 0. The van der Waals surface area contributed by atoms with E-state index in [0.717, 1.165) is 11.1 Å². The third-order valence-corrected chi connectivity index (χ3v) is 3.47. The lowest BCUT2D eigenvalue weighted by atomic mass is 10.2. The van der Waals surface area contributed by atoms with Crippen molar-refractivity contribution in [2.45, 2.75) is 19.6 Å². The van der Waals surface area contributed by atoms with E-state index in [1.54, 1.807) is 24.3 Å². The Balaban J connectivity index is 2.60. The van der Waals surface area contributed by atoms with E-state index in [-0.39, 0.29) is 5.75 Å². The van der Waals surface area contributed by atoms with Gasteiger partial charge in [-0.3, -0.25) is 0 Å². The van der Waals surface area contributed by atoms with Gasteiger partial charge in [-0.15, -0.1) is 0 Å². The first-order valence-electron chi connectivity index (χ1n) is 5.34. The Labute approximate surface area is 103 Å². The maximum absolute atomic E-state index is 11.7. The van der Waals surface area contributed by atoms with Gasteiger partial charge < -0.3 is 5.73 Å². The minimum absolute atomic E-state index is 0.0239. The van der Waals surface area contributed by atoms with Gasteiger partial charge in [0.1, 0.15) is 0 Å². The SMILES string of the molecule is CC(C)=CCNS(=O)(=O)Cc1ccc(N)cc1. The van der Waals surface area contributed by atoms with E-state index in [0.29, 0.717) is 12.2 Å². The van der Waals surface area contributed by atoms with Gasteiger partial charge in [0.15, 0.2) is 0 Å². The highest BCUT2D eigenvalue weighted by Gasteiger charge is 2.09. The van der Waals surface area contributed by atoms with Crippen LogP contribution in [0.25, 0.3) is 0 Å². The van der Waals surface area contributed by atoms with E-state index in [9.17, 15) is 8.42 Å². The molecular formula is C12H18N2O2S. The smallest absolute Gasteiger partial charge is 0.216 e. The van der Waals surface area contributed by atoms with Crippen molar-refractivity contribution in [3.8, 4) is 0 Å². The Morgan fingerprint density at radius 3 is 2.41 bits per heavy atom. The first kappa shape index (κ1) is 13.7. The highest BCUT2D eigenvalue weighted by Crippen LogP contribution is 2.08. The molecule has 3 N–H and O–H groups in total. The van der Waals surface area contributed by atoms with Crippen molar-refractivity contribution >= 4 is 15.7 Å². The molecule has 0 bridgehead atoms. The lowest BCUT2D eigenvalue weighted by molar-refractivity contribution is 0.584. The third kappa shape index (κ3) is 5.51. The molecule has 0 aromatic heterocycles. The molecule has 0 fully saturated rings. The second-order valence-electron chi connectivity index (χ2n) is 4.13. The number of nitrogens with one attached hydrogen (secondary N) is 1. The number of rotatable bonds is 5. The predicted octanol–water partition coefficient (Wildman–Crippen LogP) is 1.65. The summed E-state index contributed by atoms with van der Waals surface area (Å²) in [6, 6.07) is 6.83. The Morgan fingerprint density at radius 1 is 1.29 bits per heavy atom. The Morgan fingerprint density at radius 2 is 1.88 bits per heavy atom. The number of benzene rings is 1. The molecule has 0 spiro atoms. The quantitative estimate of drug-likeness (QED) is 0.620. The van der Waals surface area contributed by atoms with Crippen LogP contribution in [0.15, 0.2) is 35.9 Å². The van der Waals surface area contributed by atoms with Gasteiger partial charge in [0.25, 0.3) is 0 Å². The molecule has 1 rings (SSSR count). The molecule has 0 aliphatic carbocycles. The number of hydrogen-bond donors (Lipinski definition) is 2. The van der Waals surface area contributed by atoms with E-state index < -0.39 is 10.0 Å². The molecule has 4 nitrogen and oxygen atoms in total. The number of hydrogen-bond acceptors (Lipinski definition) is 3. The minimum atomic E-state index is -3.28. The summed E-state index contributed by atoms with van der Waals surface area (Å²) in [6.07, 6.45) is 1.83. The molecule has 5 heteroatoms. The summed E-state index contributed by atoms with van der Waals surface area (Å²) < 4.78 is 25.9. The Hall–Kier alpha value is -1.33. The Kier molecular flexibility index (Phi) is 4.72. The number of anilines is 1. The van der Waals surface area contributed by atoms with E-state index in [1.165, 1.54) is 0 Å². The van der Waals surface area contributed by atoms with Crippen LogP contribution in [-0.2, 0) is 15.8 Å². The minimum Gasteiger partial charge on any atom is -0.399 e. The van der Waals surface area contributed by atoms with Crippen LogP contribution in [0.4, 0.5) is 5.69 Å². The third-order valence-electron chi connectivity index (χ3n) is 2.15. The van der Waals surface area contributed by atoms with E-state index in [4.69, 9.17) is 5.73 Å². The fourth-order valence-electron chi connectivity index (χ4n) is 1.26. The molecule has 94 valence electrons. The molecule has 0 radical (unpaired) electrons. The van der Waals surface area contributed by atoms with Crippen LogP contribution in [0, 0.1) is 0 Å². The molecule has 1 aromatic rings. The summed E-state index contributed by atoms with van der Waals surface area (Å²) in [5.41, 5.74) is 7.97. The first-order chi connectivity index (χ1) is 7.89. The monoisotopic (exact) mass is 254 g/mol. The summed E-state index contributed by atoms with van der Waals surface area (Å²) in [7, 11) is -3.28. The number of nitrogens with two attached hydrogens (primary N) is 1. The lowest BCUT2D eigenvalue weighted by Gasteiger charge is -2.05. The molecule has 0 saturated carbocycles. The van der Waals surface area contributed by atoms with Gasteiger partial charge in [-0.1, -0.05) is 23.8 Å². The molecule has 0 heterocycles. The van der Waals surface area contributed by atoms with Crippen molar-refractivity contribution in [2.24, 2.45) is 0 Å². The van der Waals surface area contributed by atoms with Gasteiger partial charge in [-0.25, -0.2) is 13.1 Å².